The molecule has 0 saturated carbocycles. The highest BCUT2D eigenvalue weighted by atomic mass is 16.5. The van der Waals surface area contributed by atoms with Crippen molar-refractivity contribution in [2.24, 2.45) is 5.92 Å². The number of likely N-dealkylation sites (N-methyl/N-ethyl adjacent to an activating group) is 1. The Labute approximate surface area is 93.2 Å². The van der Waals surface area contributed by atoms with Crippen molar-refractivity contribution in [2.45, 2.75) is 44.9 Å². The molecule has 0 bridgehead atoms. The molecular weight excluding hydrogens is 188 g/mol. The van der Waals surface area contributed by atoms with Crippen LogP contribution in [-0.4, -0.2) is 49.8 Å². The number of ether oxygens (including phenoxy) is 1. The van der Waals surface area contributed by atoms with Crippen molar-refractivity contribution in [3.05, 3.63) is 0 Å². The maximum absolute atomic E-state index is 5.64. The van der Waals surface area contributed by atoms with E-state index in [9.17, 15) is 0 Å². The largest absolute Gasteiger partial charge is 0.377 e. The number of hydrogen-bond donors (Lipinski definition) is 1. The molecule has 2 rings (SSSR count). The van der Waals surface area contributed by atoms with Crippen molar-refractivity contribution >= 4 is 0 Å². The predicted molar refractivity (Wildman–Crippen MR) is 62.0 cm³/mol. The van der Waals surface area contributed by atoms with Gasteiger partial charge < -0.3 is 10.1 Å². The molecule has 15 heavy (non-hydrogen) atoms. The normalized spacial score (nSPS) is 42.4. The Morgan fingerprint density at radius 1 is 1.27 bits per heavy atom. The van der Waals surface area contributed by atoms with Gasteiger partial charge in [-0.15, -0.1) is 0 Å². The highest BCUT2D eigenvalue weighted by Gasteiger charge is 2.33. The molecule has 0 aromatic carbocycles. The molecule has 2 aliphatic heterocycles. The maximum atomic E-state index is 5.64. The van der Waals surface area contributed by atoms with Crippen LogP contribution in [0.3, 0.4) is 0 Å². The number of piperidine rings is 1. The van der Waals surface area contributed by atoms with Crippen LogP contribution in [0.4, 0.5) is 0 Å². The zero-order chi connectivity index (χ0) is 10.8. The number of nitrogens with zero attached hydrogens (tertiary/aromatic N) is 1. The second-order valence-corrected chi connectivity index (χ2v) is 5.25. The average Bonchev–Trinajstić information content (AvgIpc) is 2.63. The smallest absolute Gasteiger partial charge is 0.0703 e. The van der Waals surface area contributed by atoms with E-state index in [1.807, 2.05) is 0 Å². The van der Waals surface area contributed by atoms with Crippen molar-refractivity contribution in [3.63, 3.8) is 0 Å². The van der Waals surface area contributed by atoms with Crippen LogP contribution >= 0.6 is 0 Å². The van der Waals surface area contributed by atoms with Crippen LogP contribution in [0, 0.1) is 5.92 Å². The summed E-state index contributed by atoms with van der Waals surface area (Å²) in [5.41, 5.74) is 0. The van der Waals surface area contributed by atoms with Gasteiger partial charge in [0.05, 0.1) is 6.10 Å². The van der Waals surface area contributed by atoms with Gasteiger partial charge in [0.1, 0.15) is 0 Å². The standard InChI is InChI=1S/C12H24N2O/c1-9-6-11(8-13-7-9)14(3)12-4-5-15-10(12)2/h9-13H,4-8H2,1-3H3. The van der Waals surface area contributed by atoms with Gasteiger partial charge in [0.25, 0.3) is 0 Å². The quantitative estimate of drug-likeness (QED) is 0.741. The van der Waals surface area contributed by atoms with Gasteiger partial charge in [-0.3, -0.25) is 4.90 Å². The van der Waals surface area contributed by atoms with Crippen LogP contribution in [0.25, 0.3) is 0 Å². The number of rotatable bonds is 2. The Balaban J connectivity index is 1.91. The van der Waals surface area contributed by atoms with E-state index in [1.54, 1.807) is 0 Å². The van der Waals surface area contributed by atoms with E-state index in [-0.39, 0.29) is 0 Å². The third-order valence-electron chi connectivity index (χ3n) is 3.98. The van der Waals surface area contributed by atoms with Crippen molar-refractivity contribution in [3.8, 4) is 0 Å². The lowest BCUT2D eigenvalue weighted by Crippen LogP contribution is -2.52. The summed E-state index contributed by atoms with van der Waals surface area (Å²) in [6, 6.07) is 1.32. The molecule has 2 saturated heterocycles. The SMILES string of the molecule is CC1CNCC(N(C)C2CCOC2C)C1. The predicted octanol–water partition coefficient (Wildman–Crippen LogP) is 1.09. The molecule has 2 aliphatic rings. The van der Waals surface area contributed by atoms with Crippen molar-refractivity contribution in [1.82, 2.24) is 10.2 Å². The van der Waals surface area contributed by atoms with E-state index >= 15 is 0 Å². The molecule has 0 aliphatic carbocycles. The molecule has 0 aromatic heterocycles. The van der Waals surface area contributed by atoms with Gasteiger partial charge in [-0.25, -0.2) is 0 Å². The van der Waals surface area contributed by atoms with E-state index in [4.69, 9.17) is 4.74 Å². The zero-order valence-corrected chi connectivity index (χ0v) is 10.2. The maximum Gasteiger partial charge on any atom is 0.0703 e. The summed E-state index contributed by atoms with van der Waals surface area (Å²) in [5.74, 6) is 0.809. The first-order chi connectivity index (χ1) is 7.18. The monoisotopic (exact) mass is 212 g/mol. The van der Waals surface area contributed by atoms with E-state index in [1.165, 1.54) is 19.4 Å². The molecule has 0 aromatic rings. The summed E-state index contributed by atoms with van der Waals surface area (Å²) in [4.78, 5) is 2.54. The highest BCUT2D eigenvalue weighted by molar-refractivity contribution is 4.88. The molecule has 1 N–H and O–H groups in total. The average molecular weight is 212 g/mol. The molecule has 0 amide bonds. The third-order valence-corrected chi connectivity index (χ3v) is 3.98. The lowest BCUT2D eigenvalue weighted by molar-refractivity contribution is 0.0566. The van der Waals surface area contributed by atoms with Gasteiger partial charge in [-0.2, -0.15) is 0 Å². The summed E-state index contributed by atoms with van der Waals surface area (Å²) < 4.78 is 5.64. The van der Waals surface area contributed by atoms with Crippen LogP contribution in [0.15, 0.2) is 0 Å². The lowest BCUT2D eigenvalue weighted by Gasteiger charge is -2.38. The first-order valence-corrected chi connectivity index (χ1v) is 6.22. The van der Waals surface area contributed by atoms with Gasteiger partial charge >= 0.3 is 0 Å². The Morgan fingerprint density at radius 2 is 2.07 bits per heavy atom. The third kappa shape index (κ3) is 2.52. The molecular formula is C12H24N2O. The fourth-order valence-corrected chi connectivity index (χ4v) is 2.96. The minimum Gasteiger partial charge on any atom is -0.377 e. The second-order valence-electron chi connectivity index (χ2n) is 5.25. The van der Waals surface area contributed by atoms with Gasteiger partial charge in [0, 0.05) is 25.2 Å². The Hall–Kier alpha value is -0.120. The fraction of sp³-hybridized carbons (Fsp3) is 1.00. The van der Waals surface area contributed by atoms with Crippen molar-refractivity contribution in [1.29, 1.82) is 0 Å². The van der Waals surface area contributed by atoms with Crippen LogP contribution in [0.2, 0.25) is 0 Å². The zero-order valence-electron chi connectivity index (χ0n) is 10.2. The van der Waals surface area contributed by atoms with Gasteiger partial charge in [0.2, 0.25) is 0 Å². The molecule has 2 fully saturated rings. The summed E-state index contributed by atoms with van der Waals surface area (Å²) in [5, 5.41) is 3.52. The topological polar surface area (TPSA) is 24.5 Å². The van der Waals surface area contributed by atoms with Crippen LogP contribution in [0.5, 0.6) is 0 Å². The number of nitrogens with one attached hydrogen (secondary N) is 1. The first-order valence-electron chi connectivity index (χ1n) is 6.22. The Kier molecular flexibility index (Phi) is 3.65. The summed E-state index contributed by atoms with van der Waals surface area (Å²) >= 11 is 0. The Bertz CT molecular complexity index is 210. The molecule has 4 unspecified atom stereocenters. The molecule has 3 heteroatoms. The van der Waals surface area contributed by atoms with Gasteiger partial charge in [-0.05, 0) is 39.3 Å². The molecule has 0 spiro atoms. The lowest BCUT2D eigenvalue weighted by atomic mass is 9.95. The highest BCUT2D eigenvalue weighted by Crippen LogP contribution is 2.23. The van der Waals surface area contributed by atoms with Crippen LogP contribution < -0.4 is 5.32 Å². The van der Waals surface area contributed by atoms with Crippen molar-refractivity contribution in [2.75, 3.05) is 26.7 Å². The molecule has 88 valence electrons. The molecule has 3 nitrogen and oxygen atoms in total. The van der Waals surface area contributed by atoms with Gasteiger partial charge in [-0.1, -0.05) is 6.92 Å². The van der Waals surface area contributed by atoms with E-state index < -0.39 is 0 Å². The van der Waals surface area contributed by atoms with Gasteiger partial charge in [0.15, 0.2) is 0 Å². The van der Waals surface area contributed by atoms with Crippen molar-refractivity contribution < 1.29 is 4.74 Å². The van der Waals surface area contributed by atoms with E-state index in [0.717, 1.165) is 19.1 Å². The Morgan fingerprint density at radius 3 is 2.67 bits per heavy atom. The summed E-state index contributed by atoms with van der Waals surface area (Å²) in [7, 11) is 2.26. The van der Waals surface area contributed by atoms with Crippen LogP contribution in [-0.2, 0) is 4.74 Å². The summed E-state index contributed by atoms with van der Waals surface area (Å²) in [6.45, 7) is 7.80. The minimum absolute atomic E-state index is 0.409. The fourth-order valence-electron chi connectivity index (χ4n) is 2.96. The summed E-state index contributed by atoms with van der Waals surface area (Å²) in [6.07, 6.45) is 2.93. The minimum atomic E-state index is 0.409. The first kappa shape index (κ1) is 11.4. The molecule has 0 radical (unpaired) electrons. The van der Waals surface area contributed by atoms with E-state index in [0.29, 0.717) is 18.2 Å². The van der Waals surface area contributed by atoms with E-state index in [2.05, 4.69) is 31.1 Å². The molecule has 2 heterocycles. The number of hydrogen-bond acceptors (Lipinski definition) is 3. The van der Waals surface area contributed by atoms with Crippen LogP contribution in [0.1, 0.15) is 26.7 Å². The second kappa shape index (κ2) is 4.81. The molecule has 4 atom stereocenters.